The Morgan fingerprint density at radius 1 is 1.15 bits per heavy atom. The monoisotopic (exact) mass is 311 g/mol. The summed E-state index contributed by atoms with van der Waals surface area (Å²) < 4.78 is 28.7. The zero-order valence-corrected chi connectivity index (χ0v) is 11.4. The van der Waals surface area contributed by atoms with Crippen LogP contribution in [0.2, 0.25) is 0 Å². The fraction of sp³-hybridized carbons (Fsp3) is 0.400. The molecule has 0 aliphatic carbocycles. The topological polar surface area (TPSA) is 152 Å². The number of aliphatic carboxylic acids is 2. The zero-order valence-electron chi connectivity index (χ0n) is 10.5. The Hall–Kier alpha value is -1.75. The number of rotatable bonds is 8. The van der Waals surface area contributed by atoms with Gasteiger partial charge in [0.2, 0.25) is 0 Å². The molecule has 0 fully saturated rings. The lowest BCUT2D eigenvalue weighted by atomic mass is 10.3. The number of hydrogen-bond acceptors (Lipinski definition) is 6. The second-order valence-corrected chi connectivity index (χ2v) is 4.99. The second-order valence-electron chi connectivity index (χ2n) is 3.39. The maximum atomic E-state index is 10.2. The van der Waals surface area contributed by atoms with Gasteiger partial charge in [-0.25, -0.2) is 0 Å². The lowest BCUT2D eigenvalue weighted by molar-refractivity contribution is -0.143. The Kier molecular flexibility index (Phi) is 10.4. The zero-order chi connectivity index (χ0) is 16.3. The van der Waals surface area contributed by atoms with E-state index in [1.807, 2.05) is 0 Å². The molecule has 116 valence electrons. The van der Waals surface area contributed by atoms with Crippen molar-refractivity contribution in [3.63, 3.8) is 0 Å². The molecule has 0 bridgehead atoms. The van der Waals surface area contributed by atoms with Gasteiger partial charge >= 0.3 is 11.9 Å². The third kappa shape index (κ3) is 11.3. The molecule has 0 aromatic rings. The van der Waals surface area contributed by atoms with Crippen molar-refractivity contribution in [1.82, 2.24) is 5.06 Å². The molecule has 0 heterocycles. The molecule has 0 saturated carbocycles. The highest BCUT2D eigenvalue weighted by atomic mass is 32.2. The van der Waals surface area contributed by atoms with Gasteiger partial charge in [-0.3, -0.25) is 14.1 Å². The van der Waals surface area contributed by atoms with Crippen molar-refractivity contribution in [2.75, 3.05) is 13.1 Å². The molecular formula is C10H17NO8S. The quantitative estimate of drug-likeness (QED) is 0.272. The Bertz CT molecular complexity index is 434. The summed E-state index contributed by atoms with van der Waals surface area (Å²) in [5, 5.41) is 23.8. The lowest BCUT2D eigenvalue weighted by Gasteiger charge is -2.06. The molecule has 4 N–H and O–H groups in total. The summed E-state index contributed by atoms with van der Waals surface area (Å²) in [6, 6.07) is 0. The van der Waals surface area contributed by atoms with E-state index in [4.69, 9.17) is 20.0 Å². The predicted octanol–water partition coefficient (Wildman–Crippen LogP) is -0.148. The van der Waals surface area contributed by atoms with Crippen molar-refractivity contribution < 1.29 is 38.0 Å². The molecule has 0 aliphatic rings. The van der Waals surface area contributed by atoms with Crippen LogP contribution >= 0.6 is 0 Å². The van der Waals surface area contributed by atoms with Crippen LogP contribution in [0.3, 0.4) is 0 Å². The highest BCUT2D eigenvalue weighted by Crippen LogP contribution is 2.04. The standard InChI is InChI=1S/C6H11NO.C4H6O7S/c1-3-5-7(8)6-4-2;5-3(6)1-2(4(7)8)12(9,10)11/h3-4,8H,1-2,5-6H2;2H,1H2,(H,5,6)(H,7,8)(H,9,10,11). The molecular weight excluding hydrogens is 294 g/mol. The van der Waals surface area contributed by atoms with Crippen LogP contribution in [0.1, 0.15) is 6.42 Å². The Morgan fingerprint density at radius 3 is 1.70 bits per heavy atom. The third-order valence-corrected chi connectivity index (χ3v) is 2.76. The Morgan fingerprint density at radius 2 is 1.55 bits per heavy atom. The average molecular weight is 311 g/mol. The van der Waals surface area contributed by atoms with E-state index in [-0.39, 0.29) is 0 Å². The normalized spacial score (nSPS) is 11.9. The van der Waals surface area contributed by atoms with Crippen LogP contribution in [0.25, 0.3) is 0 Å². The first-order valence-corrected chi connectivity index (χ1v) is 6.63. The molecule has 0 aromatic carbocycles. The summed E-state index contributed by atoms with van der Waals surface area (Å²) >= 11 is 0. The molecule has 0 rings (SSSR count). The van der Waals surface area contributed by atoms with Gasteiger partial charge in [-0.1, -0.05) is 12.2 Å². The van der Waals surface area contributed by atoms with Crippen molar-refractivity contribution in [1.29, 1.82) is 0 Å². The summed E-state index contributed by atoms with van der Waals surface area (Å²) in [7, 11) is -4.84. The smallest absolute Gasteiger partial charge is 0.325 e. The van der Waals surface area contributed by atoms with Crippen LogP contribution in [-0.4, -0.2) is 63.7 Å². The maximum absolute atomic E-state index is 10.2. The molecule has 1 atom stereocenters. The predicted molar refractivity (Wildman–Crippen MR) is 69.0 cm³/mol. The third-order valence-electron chi connectivity index (χ3n) is 1.67. The molecule has 20 heavy (non-hydrogen) atoms. The summed E-state index contributed by atoms with van der Waals surface area (Å²) in [4.78, 5) is 20.0. The fourth-order valence-corrected chi connectivity index (χ4v) is 1.46. The van der Waals surface area contributed by atoms with E-state index in [1.165, 1.54) is 0 Å². The molecule has 0 aromatic heterocycles. The van der Waals surface area contributed by atoms with Gasteiger partial charge in [-0.15, -0.1) is 13.2 Å². The van der Waals surface area contributed by atoms with Gasteiger partial charge in [-0.2, -0.15) is 13.5 Å². The second kappa shape index (κ2) is 10.1. The molecule has 1 unspecified atom stereocenters. The molecule has 0 spiro atoms. The van der Waals surface area contributed by atoms with Crippen LogP contribution in [0.5, 0.6) is 0 Å². The van der Waals surface area contributed by atoms with Crippen molar-refractivity contribution >= 4 is 22.1 Å². The van der Waals surface area contributed by atoms with Crippen LogP contribution in [0.15, 0.2) is 25.3 Å². The van der Waals surface area contributed by atoms with Crippen molar-refractivity contribution in [3.05, 3.63) is 25.3 Å². The molecule has 0 radical (unpaired) electrons. The van der Waals surface area contributed by atoms with E-state index in [0.717, 1.165) is 5.06 Å². The lowest BCUT2D eigenvalue weighted by Crippen LogP contribution is -2.31. The van der Waals surface area contributed by atoms with E-state index in [9.17, 15) is 18.0 Å². The van der Waals surface area contributed by atoms with E-state index in [1.54, 1.807) is 12.2 Å². The van der Waals surface area contributed by atoms with E-state index >= 15 is 0 Å². The molecule has 0 saturated heterocycles. The first kappa shape index (κ1) is 20.6. The number of hydroxylamine groups is 2. The van der Waals surface area contributed by atoms with E-state index in [0.29, 0.717) is 13.1 Å². The Labute approximate surface area is 116 Å². The molecule has 0 amide bonds. The Balaban J connectivity index is 0. The van der Waals surface area contributed by atoms with Crippen LogP contribution in [0, 0.1) is 0 Å². The number of hydrogen-bond donors (Lipinski definition) is 4. The SMILES string of the molecule is C=CCN(O)CC=C.O=C(O)CC(C(=O)O)S(=O)(=O)O. The fourth-order valence-electron chi connectivity index (χ4n) is 0.851. The average Bonchev–Trinajstić information content (AvgIpc) is 2.25. The van der Waals surface area contributed by atoms with Crippen molar-refractivity contribution in [2.45, 2.75) is 11.7 Å². The number of nitrogens with zero attached hydrogens (tertiary/aromatic N) is 1. The first-order valence-electron chi connectivity index (χ1n) is 5.12. The first-order chi connectivity index (χ1) is 9.06. The van der Waals surface area contributed by atoms with Crippen molar-refractivity contribution in [2.24, 2.45) is 0 Å². The van der Waals surface area contributed by atoms with E-state index < -0.39 is 33.7 Å². The summed E-state index contributed by atoms with van der Waals surface area (Å²) in [6.07, 6.45) is 2.10. The van der Waals surface area contributed by atoms with Crippen LogP contribution in [0.4, 0.5) is 0 Å². The van der Waals surface area contributed by atoms with Crippen LogP contribution < -0.4 is 0 Å². The minimum absolute atomic E-state index is 0.492. The summed E-state index contributed by atoms with van der Waals surface area (Å²) in [6.45, 7) is 7.88. The minimum Gasteiger partial charge on any atom is -0.481 e. The summed E-state index contributed by atoms with van der Waals surface area (Å²) in [5.74, 6) is -3.50. The molecule has 10 heteroatoms. The van der Waals surface area contributed by atoms with Gasteiger partial charge in [0.15, 0.2) is 5.25 Å². The van der Waals surface area contributed by atoms with E-state index in [2.05, 4.69) is 13.2 Å². The minimum atomic E-state index is -4.84. The van der Waals surface area contributed by atoms with Gasteiger partial charge in [0, 0.05) is 13.1 Å². The van der Waals surface area contributed by atoms with Gasteiger partial charge in [0.05, 0.1) is 6.42 Å². The number of carboxylic acid groups (broad SMARTS) is 2. The maximum Gasteiger partial charge on any atom is 0.325 e. The highest BCUT2D eigenvalue weighted by Gasteiger charge is 2.33. The van der Waals surface area contributed by atoms with Crippen molar-refractivity contribution in [3.8, 4) is 0 Å². The van der Waals surface area contributed by atoms with Gasteiger partial charge in [0.1, 0.15) is 0 Å². The number of carboxylic acids is 2. The van der Waals surface area contributed by atoms with Gasteiger partial charge < -0.3 is 15.4 Å². The summed E-state index contributed by atoms with van der Waals surface area (Å²) in [5.41, 5.74) is 0. The highest BCUT2D eigenvalue weighted by molar-refractivity contribution is 7.87. The number of carbonyl (C=O) groups is 2. The van der Waals surface area contributed by atoms with Crippen LogP contribution in [-0.2, 0) is 19.7 Å². The molecule has 9 nitrogen and oxygen atoms in total. The largest absolute Gasteiger partial charge is 0.481 e. The molecule has 0 aliphatic heterocycles. The van der Waals surface area contributed by atoms with Gasteiger partial charge in [-0.05, 0) is 0 Å². The van der Waals surface area contributed by atoms with Gasteiger partial charge in [0.25, 0.3) is 10.1 Å².